The summed E-state index contributed by atoms with van der Waals surface area (Å²) in [6.45, 7) is 6.03. The molecule has 0 saturated heterocycles. The molecule has 29 heavy (non-hydrogen) atoms. The lowest BCUT2D eigenvalue weighted by Crippen LogP contribution is -2.38. The highest BCUT2D eigenvalue weighted by Gasteiger charge is 2.13. The van der Waals surface area contributed by atoms with Crippen molar-refractivity contribution in [2.24, 2.45) is 4.99 Å². The summed E-state index contributed by atoms with van der Waals surface area (Å²) in [5.74, 6) is 0.712. The summed E-state index contributed by atoms with van der Waals surface area (Å²) in [7, 11) is 0.0719. The van der Waals surface area contributed by atoms with E-state index in [0.717, 1.165) is 18.5 Å². The second kappa shape index (κ2) is 14.6. The van der Waals surface area contributed by atoms with Crippen LogP contribution in [0.1, 0.15) is 36.2 Å². The van der Waals surface area contributed by atoms with Crippen molar-refractivity contribution in [3.63, 3.8) is 0 Å². The summed E-state index contributed by atoms with van der Waals surface area (Å²) >= 11 is 0. The summed E-state index contributed by atoms with van der Waals surface area (Å²) in [4.78, 5) is 16.2. The van der Waals surface area contributed by atoms with E-state index in [4.69, 9.17) is 0 Å². The number of rotatable bonds is 11. The number of aliphatic imine (C=N–C) groups is 1. The number of halogens is 1. The predicted octanol–water partition coefficient (Wildman–Crippen LogP) is 1.43. The van der Waals surface area contributed by atoms with Crippen LogP contribution in [0.25, 0.3) is 0 Å². The Balaban J connectivity index is 0.00000784. The summed E-state index contributed by atoms with van der Waals surface area (Å²) in [5.41, 5.74) is 1.71. The third-order valence-corrected chi connectivity index (χ3v) is 6.07. The molecule has 8 nitrogen and oxygen atoms in total. The molecule has 0 spiro atoms. The fourth-order valence-electron chi connectivity index (χ4n) is 2.52. The molecule has 0 fully saturated rings. The minimum atomic E-state index is -3.14. The Morgan fingerprint density at radius 3 is 2.55 bits per heavy atom. The summed E-state index contributed by atoms with van der Waals surface area (Å²) < 4.78 is 24.8. The molecule has 0 heterocycles. The van der Waals surface area contributed by atoms with E-state index in [2.05, 4.69) is 20.9 Å². The molecule has 0 aliphatic rings. The first kappa shape index (κ1) is 27.6. The third kappa shape index (κ3) is 10.3. The number of nitrogens with one attached hydrogen (secondary N) is 3. The first-order chi connectivity index (χ1) is 13.3. The maximum atomic E-state index is 11.7. The van der Waals surface area contributed by atoms with Gasteiger partial charge in [-0.15, -0.1) is 24.0 Å². The molecule has 10 heteroatoms. The Kier molecular flexibility index (Phi) is 13.9. The highest BCUT2D eigenvalue weighted by atomic mass is 127. The molecule has 0 bridgehead atoms. The van der Waals surface area contributed by atoms with Crippen LogP contribution in [0.4, 0.5) is 0 Å². The van der Waals surface area contributed by atoms with E-state index in [1.54, 1.807) is 27.1 Å². The SMILES string of the molecule is CCNC(=NCCCN(C)S(=O)(=O)CC)NCCc1cccc(C(=O)NC)c1.I. The standard InChI is InChI=1S/C19H33N5O3S.HI/c1-5-21-19(22-12-8-14-24(4)28(26,27)6-2)23-13-11-16-9-7-10-17(15-16)18(25)20-3;/h7,9-10,15H,5-6,8,11-14H2,1-4H3,(H,20,25)(H2,21,22,23);1H. The van der Waals surface area contributed by atoms with Gasteiger partial charge in [0.2, 0.25) is 10.0 Å². The Labute approximate surface area is 192 Å². The van der Waals surface area contributed by atoms with E-state index >= 15 is 0 Å². The molecule has 0 aliphatic carbocycles. The lowest BCUT2D eigenvalue weighted by Gasteiger charge is -2.15. The van der Waals surface area contributed by atoms with Crippen LogP contribution in [0, 0.1) is 0 Å². The molecule has 0 aliphatic heterocycles. The minimum absolute atomic E-state index is 0. The number of carbonyl (C=O) groups is 1. The first-order valence-electron chi connectivity index (χ1n) is 9.61. The van der Waals surface area contributed by atoms with E-state index in [1.165, 1.54) is 4.31 Å². The van der Waals surface area contributed by atoms with Gasteiger partial charge in [-0.1, -0.05) is 12.1 Å². The molecule has 0 saturated carbocycles. The van der Waals surface area contributed by atoms with Gasteiger partial charge >= 0.3 is 0 Å². The third-order valence-electron chi connectivity index (χ3n) is 4.21. The number of sulfonamides is 1. The van der Waals surface area contributed by atoms with Crippen LogP contribution in [0.15, 0.2) is 29.3 Å². The van der Waals surface area contributed by atoms with Gasteiger partial charge in [-0.3, -0.25) is 9.79 Å². The van der Waals surface area contributed by atoms with Crippen molar-refractivity contribution >= 4 is 45.9 Å². The quantitative estimate of drug-likeness (QED) is 0.171. The monoisotopic (exact) mass is 539 g/mol. The zero-order chi connectivity index (χ0) is 21.0. The summed E-state index contributed by atoms with van der Waals surface area (Å²) in [5, 5.41) is 9.07. The Hall–Kier alpha value is -1.40. The lowest BCUT2D eigenvalue weighted by atomic mass is 10.1. The van der Waals surface area contributed by atoms with Crippen molar-refractivity contribution in [2.75, 3.05) is 46.0 Å². The number of carbonyl (C=O) groups excluding carboxylic acids is 1. The van der Waals surface area contributed by atoms with Crippen LogP contribution in [0.3, 0.4) is 0 Å². The molecular formula is C19H34IN5O3S. The average molecular weight is 539 g/mol. The fourth-order valence-corrected chi connectivity index (χ4v) is 3.37. The van der Waals surface area contributed by atoms with Crippen LogP contribution < -0.4 is 16.0 Å². The molecule has 0 atom stereocenters. The van der Waals surface area contributed by atoms with E-state index in [9.17, 15) is 13.2 Å². The zero-order valence-electron chi connectivity index (χ0n) is 17.7. The van der Waals surface area contributed by atoms with Gasteiger partial charge in [-0.05, 0) is 44.4 Å². The number of benzene rings is 1. The molecule has 0 radical (unpaired) electrons. The van der Waals surface area contributed by atoms with Gasteiger partial charge in [-0.2, -0.15) is 0 Å². The summed E-state index contributed by atoms with van der Waals surface area (Å²) in [6, 6.07) is 7.54. The second-order valence-electron chi connectivity index (χ2n) is 6.29. The molecule has 1 rings (SSSR count). The molecule has 0 aromatic heterocycles. The topological polar surface area (TPSA) is 103 Å². The zero-order valence-corrected chi connectivity index (χ0v) is 20.8. The van der Waals surface area contributed by atoms with Crippen molar-refractivity contribution in [1.29, 1.82) is 0 Å². The summed E-state index contributed by atoms with van der Waals surface area (Å²) in [6.07, 6.45) is 1.41. The number of hydrogen-bond acceptors (Lipinski definition) is 4. The molecule has 1 amide bonds. The van der Waals surface area contributed by atoms with Gasteiger partial charge < -0.3 is 16.0 Å². The van der Waals surface area contributed by atoms with Gasteiger partial charge in [0, 0.05) is 45.8 Å². The number of amides is 1. The van der Waals surface area contributed by atoms with Crippen LogP contribution >= 0.6 is 24.0 Å². The molecule has 166 valence electrons. The Bertz CT molecular complexity index is 756. The number of hydrogen-bond donors (Lipinski definition) is 3. The fraction of sp³-hybridized carbons (Fsp3) is 0.579. The lowest BCUT2D eigenvalue weighted by molar-refractivity contribution is 0.0963. The Morgan fingerprint density at radius 2 is 1.93 bits per heavy atom. The van der Waals surface area contributed by atoms with Gasteiger partial charge in [0.25, 0.3) is 5.91 Å². The molecule has 1 aromatic rings. The molecule has 0 unspecified atom stereocenters. The van der Waals surface area contributed by atoms with Crippen LogP contribution in [0.5, 0.6) is 0 Å². The van der Waals surface area contributed by atoms with Gasteiger partial charge in [0.05, 0.1) is 5.75 Å². The first-order valence-corrected chi connectivity index (χ1v) is 11.2. The van der Waals surface area contributed by atoms with Gasteiger partial charge in [-0.25, -0.2) is 12.7 Å². The smallest absolute Gasteiger partial charge is 0.251 e. The predicted molar refractivity (Wildman–Crippen MR) is 130 cm³/mol. The average Bonchev–Trinajstić information content (AvgIpc) is 2.70. The highest BCUT2D eigenvalue weighted by molar-refractivity contribution is 14.0. The van der Waals surface area contributed by atoms with E-state index in [-0.39, 0.29) is 35.6 Å². The maximum Gasteiger partial charge on any atom is 0.251 e. The molecular weight excluding hydrogens is 505 g/mol. The Morgan fingerprint density at radius 1 is 1.21 bits per heavy atom. The van der Waals surface area contributed by atoms with Crippen molar-refractivity contribution in [3.8, 4) is 0 Å². The van der Waals surface area contributed by atoms with Gasteiger partial charge in [0.1, 0.15) is 0 Å². The molecule has 1 aromatic carbocycles. The van der Waals surface area contributed by atoms with E-state index < -0.39 is 10.0 Å². The van der Waals surface area contributed by atoms with Crippen LogP contribution in [-0.2, 0) is 16.4 Å². The maximum absolute atomic E-state index is 11.7. The van der Waals surface area contributed by atoms with Crippen LogP contribution in [-0.4, -0.2) is 70.6 Å². The largest absolute Gasteiger partial charge is 0.357 e. The highest BCUT2D eigenvalue weighted by Crippen LogP contribution is 2.05. The molecule has 3 N–H and O–H groups in total. The second-order valence-corrected chi connectivity index (χ2v) is 8.66. The van der Waals surface area contributed by atoms with Crippen molar-refractivity contribution in [3.05, 3.63) is 35.4 Å². The van der Waals surface area contributed by atoms with Crippen molar-refractivity contribution in [1.82, 2.24) is 20.3 Å². The van der Waals surface area contributed by atoms with Crippen molar-refractivity contribution < 1.29 is 13.2 Å². The van der Waals surface area contributed by atoms with Crippen molar-refractivity contribution in [2.45, 2.75) is 26.7 Å². The number of nitrogens with zero attached hydrogens (tertiary/aromatic N) is 2. The van der Waals surface area contributed by atoms with E-state index in [0.29, 0.717) is 37.6 Å². The van der Waals surface area contributed by atoms with E-state index in [1.807, 2.05) is 25.1 Å². The number of guanidine groups is 1. The van der Waals surface area contributed by atoms with Crippen LogP contribution in [0.2, 0.25) is 0 Å². The van der Waals surface area contributed by atoms with Gasteiger partial charge in [0.15, 0.2) is 5.96 Å². The minimum Gasteiger partial charge on any atom is -0.357 e. The normalized spacial score (nSPS) is 11.7.